The third-order valence-corrected chi connectivity index (χ3v) is 3.09. The van der Waals surface area contributed by atoms with Gasteiger partial charge in [0.25, 0.3) is 5.91 Å². The summed E-state index contributed by atoms with van der Waals surface area (Å²) < 4.78 is 14.6. The van der Waals surface area contributed by atoms with E-state index in [0.717, 1.165) is 5.69 Å². The van der Waals surface area contributed by atoms with Gasteiger partial charge in [-0.1, -0.05) is 35.5 Å². The van der Waals surface area contributed by atoms with Gasteiger partial charge < -0.3 is 5.32 Å². The highest BCUT2D eigenvalue weighted by atomic mass is 19.1. The van der Waals surface area contributed by atoms with E-state index in [9.17, 15) is 9.18 Å². The molecule has 3 aromatic rings. The van der Waals surface area contributed by atoms with E-state index in [4.69, 9.17) is 0 Å². The molecule has 0 atom stereocenters. The van der Waals surface area contributed by atoms with Gasteiger partial charge >= 0.3 is 0 Å². The van der Waals surface area contributed by atoms with Crippen LogP contribution in [0.25, 0.3) is 5.69 Å². The molecule has 0 aliphatic heterocycles. The van der Waals surface area contributed by atoms with Crippen LogP contribution in [0.4, 0.5) is 4.39 Å². The Bertz CT molecular complexity index is 786. The Morgan fingerprint density at radius 1 is 1.14 bits per heavy atom. The van der Waals surface area contributed by atoms with Crippen molar-refractivity contribution in [1.82, 2.24) is 20.3 Å². The highest BCUT2D eigenvalue weighted by Gasteiger charge is 2.11. The second-order valence-corrected chi connectivity index (χ2v) is 4.70. The number of benzene rings is 2. The monoisotopic (exact) mass is 296 g/mol. The lowest BCUT2D eigenvalue weighted by atomic mass is 10.2. The van der Waals surface area contributed by atoms with Gasteiger partial charge in [0.05, 0.1) is 11.9 Å². The van der Waals surface area contributed by atoms with E-state index in [0.29, 0.717) is 5.56 Å². The minimum Gasteiger partial charge on any atom is -0.347 e. The van der Waals surface area contributed by atoms with Crippen molar-refractivity contribution in [2.24, 2.45) is 0 Å². The standard InChI is InChI=1S/C16H13FN4O/c17-13-6-4-5-12(9-13)10-18-16(22)15-11-21(20-19-15)14-7-2-1-3-8-14/h1-9,11H,10H2,(H,18,22). The molecule has 0 spiro atoms. The molecule has 0 bridgehead atoms. The highest BCUT2D eigenvalue weighted by molar-refractivity contribution is 5.91. The molecular formula is C16H13FN4O. The van der Waals surface area contributed by atoms with Crippen molar-refractivity contribution < 1.29 is 9.18 Å². The van der Waals surface area contributed by atoms with Gasteiger partial charge in [-0.2, -0.15) is 0 Å². The van der Waals surface area contributed by atoms with Crippen molar-refractivity contribution in [2.45, 2.75) is 6.54 Å². The molecule has 0 fully saturated rings. The molecule has 0 radical (unpaired) electrons. The zero-order chi connectivity index (χ0) is 15.4. The number of hydrogen-bond acceptors (Lipinski definition) is 3. The fraction of sp³-hybridized carbons (Fsp3) is 0.0625. The smallest absolute Gasteiger partial charge is 0.273 e. The number of amides is 1. The van der Waals surface area contributed by atoms with E-state index in [1.807, 2.05) is 30.3 Å². The van der Waals surface area contributed by atoms with Crippen LogP contribution in [0.15, 0.2) is 60.8 Å². The molecule has 0 aliphatic rings. The average Bonchev–Trinajstić information content (AvgIpc) is 3.04. The summed E-state index contributed by atoms with van der Waals surface area (Å²) in [5.41, 5.74) is 1.71. The molecular weight excluding hydrogens is 283 g/mol. The van der Waals surface area contributed by atoms with Crippen LogP contribution in [0.3, 0.4) is 0 Å². The number of halogens is 1. The summed E-state index contributed by atoms with van der Waals surface area (Å²) in [5.74, 6) is -0.687. The molecule has 0 saturated heterocycles. The quantitative estimate of drug-likeness (QED) is 0.804. The van der Waals surface area contributed by atoms with E-state index in [1.165, 1.54) is 16.8 Å². The first-order chi connectivity index (χ1) is 10.7. The summed E-state index contributed by atoms with van der Waals surface area (Å²) in [7, 11) is 0. The lowest BCUT2D eigenvalue weighted by molar-refractivity contribution is 0.0946. The first-order valence-corrected chi connectivity index (χ1v) is 6.73. The van der Waals surface area contributed by atoms with Crippen LogP contribution >= 0.6 is 0 Å². The molecule has 6 heteroatoms. The molecule has 1 aromatic heterocycles. The van der Waals surface area contributed by atoms with Crippen molar-refractivity contribution in [1.29, 1.82) is 0 Å². The number of rotatable bonds is 4. The van der Waals surface area contributed by atoms with Crippen molar-refractivity contribution in [3.63, 3.8) is 0 Å². The van der Waals surface area contributed by atoms with E-state index in [2.05, 4.69) is 15.6 Å². The Morgan fingerprint density at radius 3 is 2.73 bits per heavy atom. The first kappa shape index (κ1) is 13.9. The number of nitrogens with one attached hydrogen (secondary N) is 1. The minimum atomic E-state index is -0.355. The molecule has 0 unspecified atom stereocenters. The van der Waals surface area contributed by atoms with Crippen LogP contribution in [0.1, 0.15) is 16.1 Å². The topological polar surface area (TPSA) is 59.8 Å². The van der Waals surface area contributed by atoms with Crippen LogP contribution in [0.5, 0.6) is 0 Å². The molecule has 0 aliphatic carbocycles. The third kappa shape index (κ3) is 3.17. The fourth-order valence-corrected chi connectivity index (χ4v) is 1.99. The van der Waals surface area contributed by atoms with Gasteiger partial charge in [0.15, 0.2) is 5.69 Å². The van der Waals surface area contributed by atoms with Gasteiger partial charge in [0.1, 0.15) is 5.82 Å². The Kier molecular flexibility index (Phi) is 3.91. The summed E-state index contributed by atoms with van der Waals surface area (Å²) in [4.78, 5) is 12.0. The molecule has 110 valence electrons. The third-order valence-electron chi connectivity index (χ3n) is 3.09. The Balaban J connectivity index is 1.67. The molecule has 1 heterocycles. The van der Waals surface area contributed by atoms with Crippen molar-refractivity contribution in [3.05, 3.63) is 77.9 Å². The molecule has 1 amide bonds. The number of carbonyl (C=O) groups is 1. The number of aromatic nitrogens is 3. The normalized spacial score (nSPS) is 10.4. The maximum absolute atomic E-state index is 13.1. The Morgan fingerprint density at radius 2 is 1.95 bits per heavy atom. The predicted octanol–water partition coefficient (Wildman–Crippen LogP) is 2.34. The molecule has 5 nitrogen and oxygen atoms in total. The second-order valence-electron chi connectivity index (χ2n) is 4.70. The Labute approximate surface area is 126 Å². The summed E-state index contributed by atoms with van der Waals surface area (Å²) >= 11 is 0. The zero-order valence-corrected chi connectivity index (χ0v) is 11.6. The van der Waals surface area contributed by atoms with Crippen LogP contribution in [0.2, 0.25) is 0 Å². The number of carbonyl (C=O) groups excluding carboxylic acids is 1. The van der Waals surface area contributed by atoms with Gasteiger partial charge in [0.2, 0.25) is 0 Å². The summed E-state index contributed by atoms with van der Waals surface area (Å²) in [5, 5.41) is 10.5. The number of hydrogen-bond donors (Lipinski definition) is 1. The van der Waals surface area contributed by atoms with E-state index < -0.39 is 0 Å². The predicted molar refractivity (Wildman–Crippen MR) is 78.9 cm³/mol. The molecule has 1 N–H and O–H groups in total. The highest BCUT2D eigenvalue weighted by Crippen LogP contribution is 2.06. The molecule has 0 saturated carbocycles. The SMILES string of the molecule is O=C(NCc1cccc(F)c1)c1cn(-c2ccccc2)nn1. The van der Waals surface area contributed by atoms with Gasteiger partial charge in [0, 0.05) is 6.54 Å². The lowest BCUT2D eigenvalue weighted by Gasteiger charge is -2.03. The van der Waals surface area contributed by atoms with Crippen molar-refractivity contribution in [2.75, 3.05) is 0 Å². The van der Waals surface area contributed by atoms with Gasteiger partial charge in [-0.15, -0.1) is 5.10 Å². The summed E-state index contributed by atoms with van der Waals surface area (Å²) in [6.45, 7) is 0.231. The summed E-state index contributed by atoms with van der Waals surface area (Å²) in [6, 6.07) is 15.4. The van der Waals surface area contributed by atoms with Crippen LogP contribution in [-0.2, 0) is 6.54 Å². The van der Waals surface area contributed by atoms with Gasteiger partial charge in [-0.25, -0.2) is 9.07 Å². The minimum absolute atomic E-state index is 0.209. The van der Waals surface area contributed by atoms with Gasteiger partial charge in [-0.05, 0) is 29.8 Å². The largest absolute Gasteiger partial charge is 0.347 e. The lowest BCUT2D eigenvalue weighted by Crippen LogP contribution is -2.23. The maximum atomic E-state index is 13.1. The van der Waals surface area contributed by atoms with Crippen LogP contribution in [0, 0.1) is 5.82 Å². The molecule has 22 heavy (non-hydrogen) atoms. The summed E-state index contributed by atoms with van der Waals surface area (Å²) in [6.07, 6.45) is 1.55. The van der Waals surface area contributed by atoms with Gasteiger partial charge in [-0.3, -0.25) is 4.79 Å². The Hall–Kier alpha value is -3.02. The van der Waals surface area contributed by atoms with E-state index >= 15 is 0 Å². The van der Waals surface area contributed by atoms with Crippen LogP contribution < -0.4 is 5.32 Å². The molecule has 2 aromatic carbocycles. The van der Waals surface area contributed by atoms with Crippen LogP contribution in [-0.4, -0.2) is 20.9 Å². The van der Waals surface area contributed by atoms with Crippen molar-refractivity contribution >= 4 is 5.91 Å². The average molecular weight is 296 g/mol. The fourth-order valence-electron chi connectivity index (χ4n) is 1.99. The number of nitrogens with zero attached hydrogens (tertiary/aromatic N) is 3. The number of para-hydroxylation sites is 1. The molecule has 3 rings (SSSR count). The maximum Gasteiger partial charge on any atom is 0.273 e. The zero-order valence-electron chi connectivity index (χ0n) is 11.6. The first-order valence-electron chi connectivity index (χ1n) is 6.73. The van der Waals surface area contributed by atoms with E-state index in [-0.39, 0.29) is 24.0 Å². The van der Waals surface area contributed by atoms with Crippen molar-refractivity contribution in [3.8, 4) is 5.69 Å². The second kappa shape index (κ2) is 6.17. The van der Waals surface area contributed by atoms with E-state index in [1.54, 1.807) is 18.3 Å².